The molecule has 2 aromatic heterocycles. The van der Waals surface area contributed by atoms with E-state index >= 15 is 0 Å². The van der Waals surface area contributed by atoms with E-state index in [-0.39, 0.29) is 5.78 Å². The van der Waals surface area contributed by atoms with Crippen molar-refractivity contribution < 1.29 is 15.1 Å². The van der Waals surface area contributed by atoms with Crippen molar-refractivity contribution in [2.45, 2.75) is 12.8 Å². The van der Waals surface area contributed by atoms with Crippen molar-refractivity contribution in [2.75, 3.05) is 25.1 Å². The third-order valence-corrected chi connectivity index (χ3v) is 4.84. The number of allylic oxidation sites excluding steroid dienone is 1. The highest BCUT2D eigenvalue weighted by atomic mass is 32.1. The first-order chi connectivity index (χ1) is 12.3. The molecule has 0 amide bonds. The summed E-state index contributed by atoms with van der Waals surface area (Å²) in [5.41, 5.74) is 3.98. The van der Waals surface area contributed by atoms with Gasteiger partial charge >= 0.3 is 0 Å². The number of nitrogens with two attached hydrogens (primary N) is 1. The van der Waals surface area contributed by atoms with Crippen molar-refractivity contribution in [3.63, 3.8) is 0 Å². The molecule has 6 heteroatoms. The summed E-state index contributed by atoms with van der Waals surface area (Å²) < 4.78 is 0. The number of thiophene rings is 1. The minimum absolute atomic E-state index is 0.113. The van der Waals surface area contributed by atoms with Gasteiger partial charge in [0.05, 0.1) is 12.0 Å². The van der Waals surface area contributed by atoms with E-state index < -0.39 is 0 Å². The molecule has 2 aromatic rings. The van der Waals surface area contributed by atoms with Crippen LogP contribution >= 0.6 is 11.3 Å². The third-order valence-electron chi connectivity index (χ3n) is 3.97. The second-order valence-electron chi connectivity index (χ2n) is 5.64. The van der Waals surface area contributed by atoms with Crippen LogP contribution < -0.4 is 10.4 Å². The summed E-state index contributed by atoms with van der Waals surface area (Å²) in [7, 11) is 1.64. The Morgan fingerprint density at radius 1 is 1.36 bits per heavy atom. The van der Waals surface area contributed by atoms with Crippen LogP contribution in [0.15, 0.2) is 47.5 Å². The standard InChI is InChI=1S/C19H19N3O2S/c1-24-21-16-6-3-11-20-19(16)22-12-9-15(10-13-22)5-2-7-17(23)18-8-4-14-25-18/h3-6,8,11,14,21H,9-10,12-13H2,1H3/p+1. The van der Waals surface area contributed by atoms with Gasteiger partial charge in [-0.1, -0.05) is 17.6 Å². The fourth-order valence-corrected chi connectivity index (χ4v) is 3.33. The predicted molar refractivity (Wildman–Crippen MR) is 98.8 cm³/mol. The van der Waals surface area contributed by atoms with Crippen molar-refractivity contribution in [1.29, 1.82) is 0 Å². The van der Waals surface area contributed by atoms with E-state index in [1.165, 1.54) is 16.9 Å². The molecule has 1 fully saturated rings. The molecule has 25 heavy (non-hydrogen) atoms. The molecule has 128 valence electrons. The first kappa shape index (κ1) is 17.4. The Labute approximate surface area is 151 Å². The van der Waals surface area contributed by atoms with Crippen LogP contribution in [0.25, 0.3) is 0 Å². The lowest BCUT2D eigenvalue weighted by atomic mass is 10.0. The van der Waals surface area contributed by atoms with Gasteiger partial charge in [0.15, 0.2) is 5.82 Å². The van der Waals surface area contributed by atoms with Crippen molar-refractivity contribution in [3.8, 4) is 11.8 Å². The predicted octanol–water partition coefficient (Wildman–Crippen LogP) is 2.31. The molecule has 1 aliphatic heterocycles. The van der Waals surface area contributed by atoms with Crippen molar-refractivity contribution in [1.82, 2.24) is 4.98 Å². The van der Waals surface area contributed by atoms with Crippen molar-refractivity contribution in [3.05, 3.63) is 52.4 Å². The fraction of sp³-hybridized carbons (Fsp3) is 0.263. The summed E-state index contributed by atoms with van der Waals surface area (Å²) in [6, 6.07) is 7.57. The highest BCUT2D eigenvalue weighted by molar-refractivity contribution is 7.12. The minimum Gasteiger partial charge on any atom is -0.351 e. The van der Waals surface area contributed by atoms with Crippen LogP contribution in [0.5, 0.6) is 0 Å². The summed E-state index contributed by atoms with van der Waals surface area (Å²) in [6.45, 7) is 1.77. The molecule has 0 atom stereocenters. The largest absolute Gasteiger partial charge is 0.351 e. The highest BCUT2D eigenvalue weighted by Gasteiger charge is 2.19. The fourth-order valence-electron chi connectivity index (χ4n) is 2.72. The van der Waals surface area contributed by atoms with Crippen LogP contribution in [0.3, 0.4) is 0 Å². The van der Waals surface area contributed by atoms with Crippen molar-refractivity contribution in [2.24, 2.45) is 0 Å². The molecule has 0 unspecified atom stereocenters. The van der Waals surface area contributed by atoms with Gasteiger partial charge in [-0.15, -0.1) is 11.3 Å². The second kappa shape index (κ2) is 8.58. The van der Waals surface area contributed by atoms with Gasteiger partial charge in [-0.3, -0.25) is 4.79 Å². The highest BCUT2D eigenvalue weighted by Crippen LogP contribution is 2.24. The topological polar surface area (TPSA) is 59.0 Å². The molecule has 0 saturated carbocycles. The third kappa shape index (κ3) is 4.54. The average Bonchev–Trinajstić information content (AvgIpc) is 3.18. The Bertz CT molecular complexity index is 809. The van der Waals surface area contributed by atoms with Gasteiger partial charge in [0.1, 0.15) is 0 Å². The number of carbonyl (C=O) groups excluding carboxylic acids is 1. The molecule has 1 saturated heterocycles. The zero-order chi connectivity index (χ0) is 17.5. The maximum Gasteiger partial charge on any atom is 0.246 e. The van der Waals surface area contributed by atoms with E-state index in [0.717, 1.165) is 37.4 Å². The van der Waals surface area contributed by atoms with Crippen LogP contribution in [0.1, 0.15) is 22.5 Å². The van der Waals surface area contributed by atoms with E-state index in [2.05, 4.69) is 21.7 Å². The van der Waals surface area contributed by atoms with E-state index in [9.17, 15) is 4.79 Å². The van der Waals surface area contributed by atoms with Gasteiger partial charge in [-0.05, 0) is 42.4 Å². The van der Waals surface area contributed by atoms with Crippen LogP contribution in [0, 0.1) is 11.8 Å². The Morgan fingerprint density at radius 2 is 2.20 bits per heavy atom. The number of carbonyl (C=O) groups is 1. The van der Waals surface area contributed by atoms with Crippen LogP contribution in [-0.4, -0.2) is 31.0 Å². The zero-order valence-electron chi connectivity index (χ0n) is 14.1. The quantitative estimate of drug-likeness (QED) is 0.396. The van der Waals surface area contributed by atoms with E-state index in [0.29, 0.717) is 4.88 Å². The van der Waals surface area contributed by atoms with Gasteiger partial charge in [0.25, 0.3) is 0 Å². The van der Waals surface area contributed by atoms with Gasteiger partial charge in [0.2, 0.25) is 11.5 Å². The minimum atomic E-state index is -0.113. The summed E-state index contributed by atoms with van der Waals surface area (Å²) in [4.78, 5) is 24.4. The molecule has 0 bridgehead atoms. The van der Waals surface area contributed by atoms with E-state index in [1.807, 2.05) is 29.7 Å². The lowest BCUT2D eigenvalue weighted by Crippen LogP contribution is -2.76. The molecule has 0 radical (unpaired) electrons. The van der Waals surface area contributed by atoms with E-state index in [4.69, 9.17) is 4.84 Å². The summed E-state index contributed by atoms with van der Waals surface area (Å²) in [6.07, 6.45) is 5.54. The maximum absolute atomic E-state index is 11.9. The number of piperidine rings is 1. The lowest BCUT2D eigenvalue weighted by molar-refractivity contribution is -0.829. The number of rotatable bonds is 4. The summed E-state index contributed by atoms with van der Waals surface area (Å²) >= 11 is 1.42. The summed E-state index contributed by atoms with van der Waals surface area (Å²) in [5, 5.41) is 1.88. The van der Waals surface area contributed by atoms with Crippen LogP contribution in [0.2, 0.25) is 0 Å². The van der Waals surface area contributed by atoms with Gasteiger partial charge in [0, 0.05) is 25.4 Å². The monoisotopic (exact) mass is 354 g/mol. The van der Waals surface area contributed by atoms with E-state index in [1.54, 1.807) is 24.9 Å². The number of pyridine rings is 1. The number of anilines is 1. The SMILES string of the molecule is CO[NH2+]c1cccnc1N1CCC(=CC#CC(=O)c2cccs2)CC1. The molecule has 0 spiro atoms. The van der Waals surface area contributed by atoms with Crippen LogP contribution in [-0.2, 0) is 4.84 Å². The van der Waals surface area contributed by atoms with Gasteiger partial charge < -0.3 is 4.90 Å². The molecule has 3 rings (SSSR count). The number of quaternary nitrogens is 1. The second-order valence-corrected chi connectivity index (χ2v) is 6.58. The zero-order valence-corrected chi connectivity index (χ0v) is 14.9. The van der Waals surface area contributed by atoms with Crippen LogP contribution in [0.4, 0.5) is 11.5 Å². The van der Waals surface area contributed by atoms with Crippen molar-refractivity contribution >= 4 is 28.6 Å². The number of nitrogens with zero attached hydrogens (tertiary/aromatic N) is 2. The molecular formula is C19H20N3O2S+. The number of hydrogen-bond donors (Lipinski definition) is 1. The molecule has 3 heterocycles. The molecule has 0 aromatic carbocycles. The Kier molecular flexibility index (Phi) is 5.96. The molecule has 2 N–H and O–H groups in total. The first-order valence-electron chi connectivity index (χ1n) is 8.11. The maximum atomic E-state index is 11.9. The molecular weight excluding hydrogens is 334 g/mol. The summed E-state index contributed by atoms with van der Waals surface area (Å²) in [5.74, 6) is 6.45. The normalized spacial score (nSPS) is 14.0. The van der Waals surface area contributed by atoms with Gasteiger partial charge in [-0.25, -0.2) is 9.82 Å². The first-order valence-corrected chi connectivity index (χ1v) is 8.99. The lowest BCUT2D eigenvalue weighted by Gasteiger charge is -2.29. The molecule has 1 aliphatic rings. The molecule has 5 nitrogen and oxygen atoms in total. The van der Waals surface area contributed by atoms with Gasteiger partial charge in [-0.2, -0.15) is 5.48 Å². The Balaban J connectivity index is 1.60. The molecule has 0 aliphatic carbocycles. The number of hydrogen-bond acceptors (Lipinski definition) is 5. The number of Topliss-reactive ketones (excluding diaryl/α,β-unsaturated/α-hetero) is 1. The number of ketones is 1. The Hall–Kier alpha value is -2.46. The smallest absolute Gasteiger partial charge is 0.246 e. The average molecular weight is 354 g/mol. The number of aromatic nitrogens is 1. The Morgan fingerprint density at radius 3 is 2.92 bits per heavy atom.